The van der Waals surface area contributed by atoms with Gasteiger partial charge in [0, 0.05) is 12.3 Å². The quantitative estimate of drug-likeness (QED) is 0.366. The minimum atomic E-state index is -5.01. The van der Waals surface area contributed by atoms with Crippen LogP contribution in [0.3, 0.4) is 0 Å². The lowest BCUT2D eigenvalue weighted by molar-refractivity contribution is -0.143. The zero-order valence-corrected chi connectivity index (χ0v) is 17.8. The van der Waals surface area contributed by atoms with E-state index < -0.39 is 41.5 Å². The molecule has 0 aliphatic rings. The van der Waals surface area contributed by atoms with Gasteiger partial charge >= 0.3 is 12.4 Å². The van der Waals surface area contributed by atoms with E-state index >= 15 is 0 Å². The molecule has 0 unspecified atom stereocenters. The van der Waals surface area contributed by atoms with E-state index in [9.17, 15) is 31.1 Å². The lowest BCUT2D eigenvalue weighted by atomic mass is 10.0. The summed E-state index contributed by atoms with van der Waals surface area (Å²) in [5.74, 6) is -0.408. The van der Waals surface area contributed by atoms with Gasteiger partial charge in [-0.15, -0.1) is 0 Å². The summed E-state index contributed by atoms with van der Waals surface area (Å²) in [4.78, 5) is 16.6. The standard InChI is InChI=1S/C22H15F6N5O2/c1-12-18(31-20(34)17-9-19(35-32-17)16-4-2-3-7-29-16)10-30-33(12)11-13-5-6-14(21(23,24)25)8-15(13)22(26,27)28/h2-10H,11H2,1H3,(H,31,34). The van der Waals surface area contributed by atoms with Crippen LogP contribution in [0.15, 0.2) is 59.4 Å². The molecule has 4 rings (SSSR count). The molecule has 182 valence electrons. The van der Waals surface area contributed by atoms with E-state index in [0.717, 1.165) is 10.7 Å². The van der Waals surface area contributed by atoms with Crippen molar-refractivity contribution in [2.45, 2.75) is 25.8 Å². The van der Waals surface area contributed by atoms with Gasteiger partial charge in [0.25, 0.3) is 5.91 Å². The van der Waals surface area contributed by atoms with Crippen molar-refractivity contribution in [1.29, 1.82) is 0 Å². The van der Waals surface area contributed by atoms with Crippen molar-refractivity contribution in [1.82, 2.24) is 19.9 Å². The van der Waals surface area contributed by atoms with Gasteiger partial charge in [0.1, 0.15) is 5.69 Å². The number of carbonyl (C=O) groups excluding carboxylic acids is 1. The third-order valence-electron chi connectivity index (χ3n) is 5.07. The summed E-state index contributed by atoms with van der Waals surface area (Å²) in [6, 6.07) is 7.87. The van der Waals surface area contributed by atoms with E-state index in [2.05, 4.69) is 20.6 Å². The molecular weight excluding hydrogens is 480 g/mol. The first-order valence-electron chi connectivity index (χ1n) is 9.92. The van der Waals surface area contributed by atoms with E-state index in [1.807, 2.05) is 0 Å². The number of aromatic nitrogens is 4. The van der Waals surface area contributed by atoms with Crippen LogP contribution in [0.5, 0.6) is 0 Å². The van der Waals surface area contributed by atoms with E-state index in [4.69, 9.17) is 4.52 Å². The average Bonchev–Trinajstić information content (AvgIpc) is 3.42. The van der Waals surface area contributed by atoms with Crippen molar-refractivity contribution >= 4 is 11.6 Å². The topological polar surface area (TPSA) is 85.8 Å². The van der Waals surface area contributed by atoms with E-state index in [0.29, 0.717) is 11.8 Å². The van der Waals surface area contributed by atoms with Crippen molar-refractivity contribution in [3.63, 3.8) is 0 Å². The number of hydrogen-bond donors (Lipinski definition) is 1. The summed E-state index contributed by atoms with van der Waals surface area (Å²) in [5.41, 5.74) is -2.39. The second kappa shape index (κ2) is 8.89. The van der Waals surface area contributed by atoms with Crippen molar-refractivity contribution in [2.24, 2.45) is 0 Å². The Balaban J connectivity index is 1.54. The Labute approximate surface area is 193 Å². The average molecular weight is 495 g/mol. The van der Waals surface area contributed by atoms with Gasteiger partial charge < -0.3 is 9.84 Å². The number of rotatable bonds is 5. The smallest absolute Gasteiger partial charge is 0.354 e. The first-order chi connectivity index (χ1) is 16.4. The summed E-state index contributed by atoms with van der Waals surface area (Å²) in [6.07, 6.45) is -7.18. The number of pyridine rings is 1. The molecule has 1 amide bonds. The Bertz CT molecular complexity index is 1360. The summed E-state index contributed by atoms with van der Waals surface area (Å²) >= 11 is 0. The Morgan fingerprint density at radius 3 is 2.49 bits per heavy atom. The minimum absolute atomic E-state index is 0.0695. The van der Waals surface area contributed by atoms with Crippen LogP contribution >= 0.6 is 0 Å². The molecule has 3 aromatic heterocycles. The Morgan fingerprint density at radius 1 is 1.06 bits per heavy atom. The molecular formula is C22H15F6N5O2. The SMILES string of the molecule is Cc1c(NC(=O)c2cc(-c3ccccn3)on2)cnn1Cc1ccc(C(F)(F)F)cc1C(F)(F)F. The maximum Gasteiger partial charge on any atom is 0.416 e. The molecule has 0 aliphatic carbocycles. The lowest BCUT2D eigenvalue weighted by Crippen LogP contribution is -2.16. The highest BCUT2D eigenvalue weighted by Gasteiger charge is 2.38. The van der Waals surface area contributed by atoms with E-state index in [1.165, 1.54) is 25.4 Å². The van der Waals surface area contributed by atoms with Gasteiger partial charge in [-0.25, -0.2) is 0 Å². The third kappa shape index (κ3) is 5.18. The van der Waals surface area contributed by atoms with Crippen molar-refractivity contribution < 1.29 is 35.7 Å². The molecule has 0 saturated carbocycles. The number of nitrogens with one attached hydrogen (secondary N) is 1. The van der Waals surface area contributed by atoms with Crippen LogP contribution in [-0.4, -0.2) is 25.8 Å². The van der Waals surface area contributed by atoms with Gasteiger partial charge in [0.05, 0.1) is 35.2 Å². The largest absolute Gasteiger partial charge is 0.416 e. The molecule has 0 spiro atoms. The summed E-state index contributed by atoms with van der Waals surface area (Å²) < 4.78 is 85.3. The van der Waals surface area contributed by atoms with Crippen LogP contribution in [0.2, 0.25) is 0 Å². The molecule has 4 aromatic rings. The Hall–Kier alpha value is -4.16. The third-order valence-corrected chi connectivity index (χ3v) is 5.07. The number of alkyl halides is 6. The number of nitrogens with zero attached hydrogens (tertiary/aromatic N) is 4. The summed E-state index contributed by atoms with van der Waals surface area (Å²) in [7, 11) is 0. The second-order valence-electron chi connectivity index (χ2n) is 7.41. The van der Waals surface area contributed by atoms with Crippen molar-refractivity contribution in [3.8, 4) is 11.5 Å². The monoisotopic (exact) mass is 495 g/mol. The fourth-order valence-corrected chi connectivity index (χ4v) is 3.24. The molecule has 1 N–H and O–H groups in total. The van der Waals surface area contributed by atoms with Crippen LogP contribution in [0.1, 0.15) is 32.9 Å². The van der Waals surface area contributed by atoms with Crippen LogP contribution in [0.4, 0.5) is 32.0 Å². The van der Waals surface area contributed by atoms with Crippen molar-refractivity contribution in [2.75, 3.05) is 5.32 Å². The fourth-order valence-electron chi connectivity index (χ4n) is 3.24. The maximum atomic E-state index is 13.4. The Morgan fingerprint density at radius 2 is 1.83 bits per heavy atom. The number of hydrogen-bond acceptors (Lipinski definition) is 5. The first-order valence-corrected chi connectivity index (χ1v) is 9.92. The van der Waals surface area contributed by atoms with Crippen LogP contribution in [-0.2, 0) is 18.9 Å². The number of halogens is 6. The van der Waals surface area contributed by atoms with Crippen molar-refractivity contribution in [3.05, 3.63) is 82.9 Å². The molecule has 3 heterocycles. The molecule has 1 aromatic carbocycles. The molecule has 0 fully saturated rings. The van der Waals surface area contributed by atoms with Crippen LogP contribution in [0, 0.1) is 6.92 Å². The molecule has 13 heteroatoms. The summed E-state index contributed by atoms with van der Waals surface area (Å²) in [6.45, 7) is 1.02. The maximum absolute atomic E-state index is 13.4. The van der Waals surface area contributed by atoms with E-state index in [1.54, 1.807) is 18.2 Å². The van der Waals surface area contributed by atoms with Gasteiger partial charge in [-0.1, -0.05) is 17.3 Å². The van der Waals surface area contributed by atoms with Gasteiger partial charge in [-0.3, -0.25) is 14.5 Å². The highest BCUT2D eigenvalue weighted by Crippen LogP contribution is 2.37. The number of anilines is 1. The molecule has 0 saturated heterocycles. The normalized spacial score (nSPS) is 12.1. The first kappa shape index (κ1) is 24.0. The molecule has 0 radical (unpaired) electrons. The number of amides is 1. The predicted molar refractivity (Wildman–Crippen MR) is 110 cm³/mol. The van der Waals surface area contributed by atoms with Gasteiger partial charge in [0.2, 0.25) is 0 Å². The highest BCUT2D eigenvalue weighted by molar-refractivity contribution is 6.03. The zero-order chi connectivity index (χ0) is 25.4. The van der Waals surface area contributed by atoms with E-state index in [-0.39, 0.29) is 28.9 Å². The lowest BCUT2D eigenvalue weighted by Gasteiger charge is -2.16. The minimum Gasteiger partial charge on any atom is -0.354 e. The zero-order valence-electron chi connectivity index (χ0n) is 17.8. The predicted octanol–water partition coefficient (Wildman–Crippen LogP) is 5.58. The number of benzene rings is 1. The Kier molecular flexibility index (Phi) is 6.09. The fraction of sp³-hybridized carbons (Fsp3) is 0.182. The molecule has 7 nitrogen and oxygen atoms in total. The molecule has 35 heavy (non-hydrogen) atoms. The molecule has 0 atom stereocenters. The van der Waals surface area contributed by atoms with Gasteiger partial charge in [0.15, 0.2) is 11.5 Å². The van der Waals surface area contributed by atoms with Gasteiger partial charge in [-0.05, 0) is 36.8 Å². The second-order valence-corrected chi connectivity index (χ2v) is 7.41. The molecule has 0 bridgehead atoms. The summed E-state index contributed by atoms with van der Waals surface area (Å²) in [5, 5.41) is 10.2. The number of carbonyl (C=O) groups is 1. The van der Waals surface area contributed by atoms with Crippen LogP contribution in [0.25, 0.3) is 11.5 Å². The van der Waals surface area contributed by atoms with Gasteiger partial charge in [-0.2, -0.15) is 31.4 Å². The highest BCUT2D eigenvalue weighted by atomic mass is 19.4. The molecule has 0 aliphatic heterocycles. The van der Waals surface area contributed by atoms with Crippen LogP contribution < -0.4 is 5.32 Å².